The van der Waals surface area contributed by atoms with Gasteiger partial charge in [0.2, 0.25) is 29.4 Å². The second-order valence-corrected chi connectivity index (χ2v) is 16.0. The van der Waals surface area contributed by atoms with Crippen molar-refractivity contribution >= 4 is 41.2 Å². The predicted molar refractivity (Wildman–Crippen MR) is 196 cm³/mol. The molecule has 1 unspecified atom stereocenters. The number of carbonyl (C=O) groups is 7. The molecule has 4 rings (SSSR count). The Morgan fingerprint density at radius 1 is 0.906 bits per heavy atom. The molecule has 1 aromatic rings. The van der Waals surface area contributed by atoms with E-state index in [1.807, 2.05) is 27.7 Å². The van der Waals surface area contributed by atoms with Crippen LogP contribution in [0.1, 0.15) is 115 Å². The number of fused-ring (bicyclic) bond motifs is 1. The maximum Gasteiger partial charge on any atom is 0.290 e. The molecular formula is C38H58N8O7. The van der Waals surface area contributed by atoms with Crippen molar-refractivity contribution in [3.05, 3.63) is 24.3 Å². The molecule has 0 radical (unpaired) electrons. The Labute approximate surface area is 312 Å². The van der Waals surface area contributed by atoms with Crippen molar-refractivity contribution in [2.24, 2.45) is 17.3 Å². The van der Waals surface area contributed by atoms with Gasteiger partial charge in [0.25, 0.3) is 11.8 Å². The van der Waals surface area contributed by atoms with Gasteiger partial charge >= 0.3 is 0 Å². The van der Waals surface area contributed by atoms with Gasteiger partial charge < -0.3 is 31.1 Å². The fourth-order valence-electron chi connectivity index (χ4n) is 7.92. The fourth-order valence-corrected chi connectivity index (χ4v) is 7.92. The highest BCUT2D eigenvalue weighted by Crippen LogP contribution is 2.41. The molecule has 1 saturated heterocycles. The summed E-state index contributed by atoms with van der Waals surface area (Å²) < 4.78 is 0. The highest BCUT2D eigenvalue weighted by Gasteiger charge is 2.51. The van der Waals surface area contributed by atoms with Gasteiger partial charge in [-0.15, -0.1) is 0 Å². The lowest BCUT2D eigenvalue weighted by Gasteiger charge is -2.40. The Morgan fingerprint density at radius 2 is 1.58 bits per heavy atom. The van der Waals surface area contributed by atoms with Gasteiger partial charge in [0, 0.05) is 32.5 Å². The summed E-state index contributed by atoms with van der Waals surface area (Å²) >= 11 is 0. The lowest BCUT2D eigenvalue weighted by Crippen LogP contribution is -2.63. The highest BCUT2D eigenvalue weighted by atomic mass is 16.2. The zero-order chi connectivity index (χ0) is 38.9. The van der Waals surface area contributed by atoms with Crippen molar-refractivity contribution in [3.8, 4) is 0 Å². The standard InChI is InChI=1S/C38H58N8O7/c1-7-13-25(31(48)36(52)41-22-29(47)45(5)6)42-34(50)28-20-24-16-11-12-17-27(24)46(28)37(53)32(38(2,3)4)44-35(51)30(23-14-9-8-10-15-23)43-33(49)26-21-39-18-19-40-26/h18-19,21,23-25,27-28,30,32H,7-17,20,22H2,1-6H3,(H,41,52)(H,42,50)(H,43,49)(H,44,51)/t24-,25-,27-,28-,30?,32+/m0/s1. The first kappa shape index (κ1) is 41.3. The summed E-state index contributed by atoms with van der Waals surface area (Å²) in [7, 11) is 3.07. The van der Waals surface area contributed by atoms with Crippen molar-refractivity contribution in [1.29, 1.82) is 0 Å². The molecule has 0 spiro atoms. The van der Waals surface area contributed by atoms with Crippen LogP contribution in [-0.2, 0) is 28.8 Å². The minimum absolute atomic E-state index is 0.0571. The van der Waals surface area contributed by atoms with E-state index < -0.39 is 64.9 Å². The van der Waals surface area contributed by atoms with Crippen LogP contribution >= 0.6 is 0 Å². The number of Topliss-reactive ketones (excluding diaryl/α,β-unsaturated/α-hetero) is 1. The van der Waals surface area contributed by atoms with E-state index in [0.29, 0.717) is 19.3 Å². The van der Waals surface area contributed by atoms with Crippen LogP contribution in [0.25, 0.3) is 0 Å². The van der Waals surface area contributed by atoms with Gasteiger partial charge in [0.15, 0.2) is 0 Å². The lowest BCUT2D eigenvalue weighted by atomic mass is 9.81. The molecule has 2 heterocycles. The van der Waals surface area contributed by atoms with Crippen molar-refractivity contribution in [2.45, 2.75) is 135 Å². The van der Waals surface area contributed by atoms with E-state index in [1.54, 1.807) is 4.90 Å². The molecule has 4 N–H and O–H groups in total. The quantitative estimate of drug-likeness (QED) is 0.206. The third-order valence-corrected chi connectivity index (χ3v) is 10.9. The van der Waals surface area contributed by atoms with Crippen LogP contribution in [-0.4, -0.2) is 112 Å². The molecule has 0 bridgehead atoms. The van der Waals surface area contributed by atoms with E-state index in [4.69, 9.17) is 0 Å². The minimum Gasteiger partial charge on any atom is -0.347 e. The van der Waals surface area contributed by atoms with Gasteiger partial charge in [-0.2, -0.15) is 0 Å². The topological polar surface area (TPSA) is 200 Å². The summed E-state index contributed by atoms with van der Waals surface area (Å²) in [4.78, 5) is 105. The van der Waals surface area contributed by atoms with Crippen LogP contribution in [0, 0.1) is 17.3 Å². The van der Waals surface area contributed by atoms with Crippen LogP contribution in [0.2, 0.25) is 0 Å². The lowest BCUT2D eigenvalue weighted by molar-refractivity contribution is -0.147. The van der Waals surface area contributed by atoms with Crippen LogP contribution < -0.4 is 21.3 Å². The zero-order valence-electron chi connectivity index (χ0n) is 32.1. The fraction of sp³-hybridized carbons (Fsp3) is 0.711. The summed E-state index contributed by atoms with van der Waals surface area (Å²) in [5, 5.41) is 11.0. The number of aromatic nitrogens is 2. The number of nitrogens with one attached hydrogen (secondary N) is 4. The summed E-state index contributed by atoms with van der Waals surface area (Å²) in [5.41, 5.74) is -0.701. The third kappa shape index (κ3) is 10.6. The van der Waals surface area contributed by atoms with Crippen molar-refractivity contribution < 1.29 is 33.6 Å². The van der Waals surface area contributed by atoms with E-state index in [-0.39, 0.29) is 42.4 Å². The number of hydrogen-bond donors (Lipinski definition) is 4. The molecule has 6 amide bonds. The van der Waals surface area contributed by atoms with Crippen molar-refractivity contribution in [3.63, 3.8) is 0 Å². The molecule has 3 fully saturated rings. The number of likely N-dealkylation sites (tertiary alicyclic amines) is 1. The molecule has 2 saturated carbocycles. The molecule has 15 heteroatoms. The summed E-state index contributed by atoms with van der Waals surface area (Å²) in [6.45, 7) is 7.02. The third-order valence-electron chi connectivity index (χ3n) is 10.9. The number of amides is 6. The summed E-state index contributed by atoms with van der Waals surface area (Å²) in [6, 6.07) is -4.26. The van der Waals surface area contributed by atoms with Gasteiger partial charge in [-0.1, -0.05) is 66.2 Å². The predicted octanol–water partition coefficient (Wildman–Crippen LogP) is 1.90. The Hall–Kier alpha value is -4.43. The smallest absolute Gasteiger partial charge is 0.290 e. The maximum atomic E-state index is 14.9. The van der Waals surface area contributed by atoms with Crippen LogP contribution in [0.3, 0.4) is 0 Å². The summed E-state index contributed by atoms with van der Waals surface area (Å²) in [5.74, 6) is -4.25. The van der Waals surface area contributed by atoms with E-state index in [1.165, 1.54) is 37.6 Å². The Balaban J connectivity index is 1.58. The Kier molecular flexibility index (Phi) is 14.5. The SMILES string of the molecule is CCC[C@H](NC(=O)[C@@H]1C[C@@H]2CCCC[C@@H]2N1C(=O)[C@@H](NC(=O)C(NC(=O)c1cnccn1)C1CCCCC1)C(C)(C)C)C(=O)C(=O)NCC(=O)N(C)C. The second kappa shape index (κ2) is 18.6. The van der Waals surface area contributed by atoms with E-state index in [0.717, 1.165) is 51.4 Å². The molecule has 292 valence electrons. The van der Waals surface area contributed by atoms with Crippen LogP contribution in [0.5, 0.6) is 0 Å². The first-order valence-corrected chi connectivity index (χ1v) is 19.2. The monoisotopic (exact) mass is 738 g/mol. The number of rotatable bonds is 14. The molecule has 3 aliphatic rings. The van der Waals surface area contributed by atoms with Gasteiger partial charge in [-0.05, 0) is 55.8 Å². The van der Waals surface area contributed by atoms with Gasteiger partial charge in [-0.3, -0.25) is 38.5 Å². The van der Waals surface area contributed by atoms with E-state index in [2.05, 4.69) is 31.2 Å². The molecule has 2 aliphatic carbocycles. The molecule has 53 heavy (non-hydrogen) atoms. The maximum absolute atomic E-state index is 14.9. The van der Waals surface area contributed by atoms with Gasteiger partial charge in [-0.25, -0.2) is 4.98 Å². The first-order valence-electron chi connectivity index (χ1n) is 19.2. The second-order valence-electron chi connectivity index (χ2n) is 16.0. The van der Waals surface area contributed by atoms with E-state index in [9.17, 15) is 33.6 Å². The average molecular weight is 739 g/mol. The molecular weight excluding hydrogens is 680 g/mol. The first-order chi connectivity index (χ1) is 25.1. The Morgan fingerprint density at radius 3 is 2.21 bits per heavy atom. The molecule has 15 nitrogen and oxygen atoms in total. The Bertz CT molecular complexity index is 1490. The zero-order valence-corrected chi connectivity index (χ0v) is 32.1. The highest BCUT2D eigenvalue weighted by molar-refractivity contribution is 6.38. The molecule has 0 aromatic carbocycles. The number of likely N-dealkylation sites (N-methyl/N-ethyl adjacent to an activating group) is 1. The van der Waals surface area contributed by atoms with Gasteiger partial charge in [0.05, 0.1) is 18.8 Å². The van der Waals surface area contributed by atoms with Gasteiger partial charge in [0.1, 0.15) is 23.8 Å². The summed E-state index contributed by atoms with van der Waals surface area (Å²) in [6.07, 6.45) is 13.0. The van der Waals surface area contributed by atoms with Crippen LogP contribution in [0.4, 0.5) is 0 Å². The number of carbonyl (C=O) groups excluding carboxylic acids is 7. The molecule has 1 aliphatic heterocycles. The molecule has 1 aromatic heterocycles. The number of nitrogens with zero attached hydrogens (tertiary/aromatic N) is 4. The minimum atomic E-state index is -1.14. The molecule has 6 atom stereocenters. The number of hydrogen-bond acceptors (Lipinski definition) is 9. The average Bonchev–Trinajstić information content (AvgIpc) is 3.54. The van der Waals surface area contributed by atoms with Crippen molar-refractivity contribution in [1.82, 2.24) is 41.0 Å². The van der Waals surface area contributed by atoms with Crippen molar-refractivity contribution in [2.75, 3.05) is 20.6 Å². The van der Waals surface area contributed by atoms with E-state index >= 15 is 0 Å². The normalized spacial score (nSPS) is 22.0. The number of ketones is 1. The van der Waals surface area contributed by atoms with Crippen LogP contribution in [0.15, 0.2) is 18.6 Å². The largest absolute Gasteiger partial charge is 0.347 e.